The number of nitrogens with one attached hydrogen (secondary N) is 1. The van der Waals surface area contributed by atoms with E-state index < -0.39 is 0 Å². The van der Waals surface area contributed by atoms with Gasteiger partial charge in [-0.2, -0.15) is 0 Å². The molecule has 1 fully saturated rings. The van der Waals surface area contributed by atoms with Crippen molar-refractivity contribution in [3.05, 3.63) is 102 Å². The third-order valence-corrected chi connectivity index (χ3v) is 6.56. The van der Waals surface area contributed by atoms with Crippen LogP contribution in [0, 0.1) is 13.8 Å². The van der Waals surface area contributed by atoms with E-state index in [-0.39, 0.29) is 12.1 Å². The third-order valence-electron chi connectivity index (χ3n) is 6.20. The molecule has 0 aliphatic carbocycles. The lowest BCUT2D eigenvalue weighted by Gasteiger charge is -2.27. The Labute approximate surface area is 198 Å². The SMILES string of the molecule is COc1cccc(-n2c(C)cc([C@H]3[C@H](c4ccccn4)NC(=S)N3Cc3ccco3)c2C)c1. The first-order valence-electron chi connectivity index (χ1n) is 10.9. The highest BCUT2D eigenvalue weighted by atomic mass is 32.1. The molecule has 1 saturated heterocycles. The molecule has 4 heterocycles. The van der Waals surface area contributed by atoms with Gasteiger partial charge in [0.15, 0.2) is 5.11 Å². The number of thiocarbonyl (C=S) groups is 1. The van der Waals surface area contributed by atoms with Crippen molar-refractivity contribution in [1.82, 2.24) is 19.8 Å². The highest BCUT2D eigenvalue weighted by Crippen LogP contribution is 2.42. The van der Waals surface area contributed by atoms with E-state index in [1.54, 1.807) is 13.4 Å². The highest BCUT2D eigenvalue weighted by Gasteiger charge is 2.41. The van der Waals surface area contributed by atoms with Crippen LogP contribution in [0.25, 0.3) is 5.69 Å². The summed E-state index contributed by atoms with van der Waals surface area (Å²) in [6.45, 7) is 4.86. The van der Waals surface area contributed by atoms with Crippen molar-refractivity contribution < 1.29 is 9.15 Å². The minimum Gasteiger partial charge on any atom is -0.497 e. The van der Waals surface area contributed by atoms with Gasteiger partial charge < -0.3 is 23.9 Å². The number of ether oxygens (including phenoxy) is 1. The maximum atomic E-state index is 5.80. The molecule has 6 nitrogen and oxygen atoms in total. The second kappa shape index (κ2) is 8.75. The van der Waals surface area contributed by atoms with Crippen molar-refractivity contribution in [3.8, 4) is 11.4 Å². The second-order valence-electron chi connectivity index (χ2n) is 8.20. The van der Waals surface area contributed by atoms with Crippen LogP contribution in [-0.2, 0) is 6.54 Å². The number of pyridine rings is 1. The normalized spacial score (nSPS) is 17.9. The van der Waals surface area contributed by atoms with Gasteiger partial charge in [-0.05, 0) is 74.1 Å². The van der Waals surface area contributed by atoms with Gasteiger partial charge in [0, 0.05) is 29.3 Å². The van der Waals surface area contributed by atoms with E-state index in [0.717, 1.165) is 34.3 Å². The molecule has 0 unspecified atom stereocenters. The first-order valence-corrected chi connectivity index (χ1v) is 11.3. The number of hydrogen-bond donors (Lipinski definition) is 1. The Morgan fingerprint density at radius 2 is 1.97 bits per heavy atom. The highest BCUT2D eigenvalue weighted by molar-refractivity contribution is 7.80. The summed E-state index contributed by atoms with van der Waals surface area (Å²) < 4.78 is 13.4. The quantitative estimate of drug-likeness (QED) is 0.398. The summed E-state index contributed by atoms with van der Waals surface area (Å²) >= 11 is 5.80. The summed E-state index contributed by atoms with van der Waals surface area (Å²) in [5.74, 6) is 1.70. The molecule has 0 radical (unpaired) electrons. The number of hydrogen-bond acceptors (Lipinski definition) is 4. The van der Waals surface area contributed by atoms with E-state index in [2.05, 4.69) is 51.8 Å². The molecule has 33 heavy (non-hydrogen) atoms. The van der Waals surface area contributed by atoms with Crippen molar-refractivity contribution in [2.75, 3.05) is 7.11 Å². The average Bonchev–Trinajstić information content (AvgIpc) is 3.53. The number of rotatable bonds is 6. The van der Waals surface area contributed by atoms with E-state index >= 15 is 0 Å². The van der Waals surface area contributed by atoms with Crippen LogP contribution in [-0.4, -0.2) is 26.7 Å². The fraction of sp³-hybridized carbons (Fsp3) is 0.231. The van der Waals surface area contributed by atoms with E-state index in [9.17, 15) is 0 Å². The van der Waals surface area contributed by atoms with E-state index in [4.69, 9.17) is 21.4 Å². The lowest BCUT2D eigenvalue weighted by atomic mass is 9.96. The van der Waals surface area contributed by atoms with Gasteiger partial charge in [-0.25, -0.2) is 0 Å². The van der Waals surface area contributed by atoms with Crippen LogP contribution in [0.2, 0.25) is 0 Å². The molecule has 0 spiro atoms. The van der Waals surface area contributed by atoms with Crippen LogP contribution in [0.5, 0.6) is 5.75 Å². The third kappa shape index (κ3) is 3.89. The molecule has 168 valence electrons. The number of methoxy groups -OCH3 is 1. The van der Waals surface area contributed by atoms with Crippen LogP contribution < -0.4 is 10.1 Å². The Bertz CT molecular complexity index is 1270. The largest absolute Gasteiger partial charge is 0.497 e. The van der Waals surface area contributed by atoms with Gasteiger partial charge in [0.1, 0.15) is 11.5 Å². The summed E-state index contributed by atoms with van der Waals surface area (Å²) in [6.07, 6.45) is 3.52. The monoisotopic (exact) mass is 458 g/mol. The van der Waals surface area contributed by atoms with Crippen LogP contribution in [0.4, 0.5) is 0 Å². The fourth-order valence-corrected chi connectivity index (χ4v) is 5.02. The molecule has 0 amide bonds. The number of furan rings is 1. The van der Waals surface area contributed by atoms with Gasteiger partial charge in [0.2, 0.25) is 0 Å². The summed E-state index contributed by atoms with van der Waals surface area (Å²) in [6, 6.07) is 20.1. The zero-order valence-electron chi connectivity index (χ0n) is 18.9. The molecule has 5 rings (SSSR count). The predicted octanol–water partition coefficient (Wildman–Crippen LogP) is 5.26. The van der Waals surface area contributed by atoms with Crippen molar-refractivity contribution in [2.24, 2.45) is 0 Å². The predicted molar refractivity (Wildman–Crippen MR) is 131 cm³/mol. The molecule has 0 saturated carbocycles. The number of benzene rings is 1. The summed E-state index contributed by atoms with van der Waals surface area (Å²) in [7, 11) is 1.69. The zero-order valence-corrected chi connectivity index (χ0v) is 19.7. The van der Waals surface area contributed by atoms with Crippen molar-refractivity contribution in [1.29, 1.82) is 0 Å². The van der Waals surface area contributed by atoms with E-state index in [1.165, 1.54) is 5.56 Å². The Morgan fingerprint density at radius 3 is 2.70 bits per heavy atom. The standard InChI is InChI=1S/C26H26N4O2S/c1-17-14-22(18(2)30(17)19-8-6-9-20(15-19)31-3)25-24(23-11-4-5-12-27-23)28-26(33)29(25)16-21-10-7-13-32-21/h4-15,24-25H,16H2,1-3H3,(H,28,33)/t24-,25-/m0/s1. The van der Waals surface area contributed by atoms with Gasteiger partial charge in [-0.1, -0.05) is 12.1 Å². The van der Waals surface area contributed by atoms with Crippen LogP contribution >= 0.6 is 12.2 Å². The maximum Gasteiger partial charge on any atom is 0.170 e. The van der Waals surface area contributed by atoms with Gasteiger partial charge in [0.05, 0.1) is 37.7 Å². The zero-order chi connectivity index (χ0) is 22.9. The molecule has 3 aromatic heterocycles. The summed E-state index contributed by atoms with van der Waals surface area (Å²) in [4.78, 5) is 6.85. The molecular formula is C26H26N4O2S. The smallest absolute Gasteiger partial charge is 0.170 e. The first-order chi connectivity index (χ1) is 16.1. The summed E-state index contributed by atoms with van der Waals surface area (Å²) in [5, 5.41) is 4.21. The van der Waals surface area contributed by atoms with Crippen molar-refractivity contribution >= 4 is 17.3 Å². The first kappa shape index (κ1) is 21.3. The lowest BCUT2D eigenvalue weighted by Crippen LogP contribution is -2.29. The van der Waals surface area contributed by atoms with Crippen LogP contribution in [0.15, 0.2) is 77.5 Å². The molecule has 1 aliphatic heterocycles. The Kier molecular flexibility index (Phi) is 5.64. The molecule has 1 aromatic carbocycles. The molecule has 0 bridgehead atoms. The van der Waals surface area contributed by atoms with Crippen molar-refractivity contribution in [2.45, 2.75) is 32.5 Å². The maximum absolute atomic E-state index is 5.80. The molecular weight excluding hydrogens is 432 g/mol. The van der Waals surface area contributed by atoms with Crippen molar-refractivity contribution in [3.63, 3.8) is 0 Å². The summed E-state index contributed by atoms with van der Waals surface area (Å²) in [5.41, 5.74) is 5.52. The van der Waals surface area contributed by atoms with Crippen LogP contribution in [0.3, 0.4) is 0 Å². The van der Waals surface area contributed by atoms with E-state index in [1.807, 2.05) is 48.7 Å². The Hall–Kier alpha value is -3.58. The average molecular weight is 459 g/mol. The molecule has 2 atom stereocenters. The topological polar surface area (TPSA) is 55.5 Å². The molecule has 7 heteroatoms. The molecule has 1 aliphatic rings. The Morgan fingerprint density at radius 1 is 1.09 bits per heavy atom. The van der Waals surface area contributed by atoms with Gasteiger partial charge >= 0.3 is 0 Å². The molecule has 4 aromatic rings. The molecule has 1 N–H and O–H groups in total. The van der Waals surface area contributed by atoms with Gasteiger partial charge in [0.25, 0.3) is 0 Å². The van der Waals surface area contributed by atoms with E-state index in [0.29, 0.717) is 11.7 Å². The minimum atomic E-state index is -0.0760. The second-order valence-corrected chi connectivity index (χ2v) is 8.58. The number of aromatic nitrogens is 2. The van der Waals surface area contributed by atoms with Crippen LogP contribution in [0.1, 0.15) is 40.5 Å². The number of nitrogens with zero attached hydrogens (tertiary/aromatic N) is 3. The lowest BCUT2D eigenvalue weighted by molar-refractivity contribution is 0.286. The van der Waals surface area contributed by atoms with Gasteiger partial charge in [-0.15, -0.1) is 0 Å². The number of aryl methyl sites for hydroxylation is 1. The minimum absolute atomic E-state index is 0.0388. The Balaban J connectivity index is 1.62. The van der Waals surface area contributed by atoms with Gasteiger partial charge in [-0.3, -0.25) is 4.98 Å². The fourth-order valence-electron chi connectivity index (χ4n) is 4.72.